The Labute approximate surface area is 286 Å². The molecular weight excluding hydrogens is 611 g/mol. The van der Waals surface area contributed by atoms with Crippen molar-refractivity contribution in [3.05, 3.63) is 164 Å². The van der Waals surface area contributed by atoms with E-state index in [1.807, 2.05) is 12.1 Å². The number of benzene rings is 7. The third kappa shape index (κ3) is 3.80. The van der Waals surface area contributed by atoms with E-state index in [0.717, 1.165) is 71.5 Å². The lowest BCUT2D eigenvalue weighted by atomic mass is 10.0. The molecule has 0 bridgehead atoms. The van der Waals surface area contributed by atoms with Gasteiger partial charge in [0.05, 0.1) is 33.3 Å². The zero-order valence-electron chi connectivity index (χ0n) is 26.8. The zero-order chi connectivity index (χ0) is 32.8. The van der Waals surface area contributed by atoms with Crippen LogP contribution in [0, 0.1) is 0 Å². The van der Waals surface area contributed by atoms with E-state index in [1.165, 1.54) is 21.9 Å². The van der Waals surface area contributed by atoms with Gasteiger partial charge in [-0.25, -0.2) is 15.0 Å². The molecule has 11 rings (SSSR count). The Bertz CT molecular complexity index is 3140. The second-order valence-electron chi connectivity index (χ2n) is 12.8. The first-order chi connectivity index (χ1) is 24.8. The molecule has 0 radical (unpaired) electrons. The number of aromatic nitrogens is 5. The fourth-order valence-electron chi connectivity index (χ4n) is 7.87. The fraction of sp³-hybridized carbons (Fsp3) is 0. The van der Waals surface area contributed by atoms with Gasteiger partial charge in [-0.1, -0.05) is 133 Å². The minimum Gasteiger partial charge on any atom is -0.292 e. The van der Waals surface area contributed by atoms with Gasteiger partial charge in [0.2, 0.25) is 5.95 Å². The van der Waals surface area contributed by atoms with Crippen LogP contribution in [0.25, 0.3) is 99.4 Å². The summed E-state index contributed by atoms with van der Waals surface area (Å²) in [6, 6.07) is 57.6. The first kappa shape index (κ1) is 27.1. The van der Waals surface area contributed by atoms with Gasteiger partial charge in [0.25, 0.3) is 0 Å². The van der Waals surface area contributed by atoms with Crippen LogP contribution < -0.4 is 0 Å². The molecule has 50 heavy (non-hydrogen) atoms. The van der Waals surface area contributed by atoms with Crippen LogP contribution in [-0.2, 0) is 0 Å². The Morgan fingerprint density at radius 3 is 1.76 bits per heavy atom. The van der Waals surface area contributed by atoms with Crippen molar-refractivity contribution in [2.45, 2.75) is 0 Å². The first-order valence-electron chi connectivity index (χ1n) is 16.9. The van der Waals surface area contributed by atoms with E-state index in [9.17, 15) is 0 Å². The largest absolute Gasteiger partial charge is 0.292 e. The molecule has 5 heteroatoms. The van der Waals surface area contributed by atoms with Crippen LogP contribution >= 0.6 is 0 Å². The smallest absolute Gasteiger partial charge is 0.235 e. The number of hydrogen-bond donors (Lipinski definition) is 0. The van der Waals surface area contributed by atoms with E-state index < -0.39 is 0 Å². The van der Waals surface area contributed by atoms with Crippen molar-refractivity contribution in [2.75, 3.05) is 0 Å². The lowest BCUT2D eigenvalue weighted by Gasteiger charge is -2.12. The molecule has 0 spiro atoms. The predicted octanol–water partition coefficient (Wildman–Crippen LogP) is 11.2. The molecular formula is C45H27N5. The van der Waals surface area contributed by atoms with Crippen molar-refractivity contribution in [3.8, 4) is 28.3 Å². The summed E-state index contributed by atoms with van der Waals surface area (Å²) in [6.07, 6.45) is 0. The molecule has 232 valence electrons. The van der Waals surface area contributed by atoms with Gasteiger partial charge in [0.1, 0.15) is 11.2 Å². The normalized spacial score (nSPS) is 12.0. The van der Waals surface area contributed by atoms with Gasteiger partial charge in [-0.3, -0.25) is 8.97 Å². The van der Waals surface area contributed by atoms with Crippen molar-refractivity contribution >= 4 is 71.1 Å². The Kier molecular flexibility index (Phi) is 5.60. The van der Waals surface area contributed by atoms with E-state index in [0.29, 0.717) is 5.95 Å². The summed E-state index contributed by atoms with van der Waals surface area (Å²) < 4.78 is 4.54. The SMILES string of the molecule is c1ccc(-c2ccc(-c3nc(-n4c5ccccc5c5ccc6c(nc7c8ccccc8c8ccccc8n67)c54)nc4ccccc34)cc2)cc1. The number of fused-ring (bicyclic) bond motifs is 13. The van der Waals surface area contributed by atoms with Gasteiger partial charge in [0.15, 0.2) is 0 Å². The molecule has 5 nitrogen and oxygen atoms in total. The summed E-state index contributed by atoms with van der Waals surface area (Å²) in [5.74, 6) is 0.622. The topological polar surface area (TPSA) is 48.0 Å². The van der Waals surface area contributed by atoms with Gasteiger partial charge in [-0.05, 0) is 46.8 Å². The minimum atomic E-state index is 0.622. The van der Waals surface area contributed by atoms with Crippen LogP contribution in [0.2, 0.25) is 0 Å². The average molecular weight is 638 g/mol. The van der Waals surface area contributed by atoms with E-state index in [4.69, 9.17) is 15.0 Å². The highest BCUT2D eigenvalue weighted by molar-refractivity contribution is 6.20. The summed E-state index contributed by atoms with van der Waals surface area (Å²) in [7, 11) is 0. The third-order valence-electron chi connectivity index (χ3n) is 10.1. The molecule has 0 N–H and O–H groups in total. The maximum absolute atomic E-state index is 5.47. The molecule has 11 aromatic rings. The van der Waals surface area contributed by atoms with Crippen molar-refractivity contribution in [3.63, 3.8) is 0 Å². The lowest BCUT2D eigenvalue weighted by molar-refractivity contribution is 1.02. The van der Waals surface area contributed by atoms with E-state index >= 15 is 0 Å². The molecule has 0 aliphatic rings. The molecule has 0 aliphatic heterocycles. The number of hydrogen-bond acceptors (Lipinski definition) is 3. The zero-order valence-corrected chi connectivity index (χ0v) is 26.8. The molecule has 4 heterocycles. The summed E-state index contributed by atoms with van der Waals surface area (Å²) >= 11 is 0. The third-order valence-corrected chi connectivity index (χ3v) is 10.1. The van der Waals surface area contributed by atoms with Crippen molar-refractivity contribution in [1.82, 2.24) is 23.9 Å². The quantitative estimate of drug-likeness (QED) is 0.181. The Hall–Kier alpha value is -6.85. The molecule has 4 aromatic heterocycles. The maximum Gasteiger partial charge on any atom is 0.235 e. The summed E-state index contributed by atoms with van der Waals surface area (Å²) in [4.78, 5) is 16.1. The molecule has 0 saturated heterocycles. The number of para-hydroxylation sites is 3. The highest BCUT2D eigenvalue weighted by Gasteiger charge is 2.22. The van der Waals surface area contributed by atoms with Crippen molar-refractivity contribution < 1.29 is 0 Å². The van der Waals surface area contributed by atoms with Crippen LogP contribution in [0.3, 0.4) is 0 Å². The monoisotopic (exact) mass is 637 g/mol. The van der Waals surface area contributed by atoms with Gasteiger partial charge in [-0.15, -0.1) is 0 Å². The summed E-state index contributed by atoms with van der Waals surface area (Å²) in [6.45, 7) is 0. The standard InChI is InChI=1S/C45H27N5/c1-2-12-28(13-3-1)29-22-24-30(25-23-29)41-36-18-6-9-19-37(36)46-45(48-41)50-39-21-11-8-16-33(39)34-26-27-40-42(43(34)50)47-44-35-17-5-4-14-31(35)32-15-7-10-20-38(32)49(40)44/h1-27H. The van der Waals surface area contributed by atoms with Crippen LogP contribution in [0.1, 0.15) is 0 Å². The van der Waals surface area contributed by atoms with Crippen LogP contribution in [-0.4, -0.2) is 23.9 Å². The molecule has 0 saturated carbocycles. The Morgan fingerprint density at radius 1 is 0.360 bits per heavy atom. The van der Waals surface area contributed by atoms with E-state index in [2.05, 4.69) is 161 Å². The van der Waals surface area contributed by atoms with Gasteiger partial charge in [0, 0.05) is 32.5 Å². The second-order valence-corrected chi connectivity index (χ2v) is 12.8. The summed E-state index contributed by atoms with van der Waals surface area (Å²) in [5.41, 5.74) is 11.3. The average Bonchev–Trinajstić information content (AvgIpc) is 3.75. The molecule has 7 aromatic carbocycles. The minimum absolute atomic E-state index is 0.622. The molecule has 0 amide bonds. The van der Waals surface area contributed by atoms with Crippen LogP contribution in [0.5, 0.6) is 0 Å². The number of imidazole rings is 1. The Balaban J connectivity index is 1.24. The first-order valence-corrected chi connectivity index (χ1v) is 16.9. The van der Waals surface area contributed by atoms with Crippen molar-refractivity contribution in [2.24, 2.45) is 0 Å². The molecule has 0 unspecified atom stereocenters. The summed E-state index contributed by atoms with van der Waals surface area (Å²) in [5, 5.41) is 6.80. The van der Waals surface area contributed by atoms with E-state index in [-0.39, 0.29) is 0 Å². The highest BCUT2D eigenvalue weighted by atomic mass is 15.2. The van der Waals surface area contributed by atoms with Gasteiger partial charge in [-0.2, -0.15) is 0 Å². The number of rotatable bonds is 3. The van der Waals surface area contributed by atoms with Gasteiger partial charge >= 0.3 is 0 Å². The molecule has 0 fully saturated rings. The predicted molar refractivity (Wildman–Crippen MR) is 206 cm³/mol. The maximum atomic E-state index is 5.47. The molecule has 0 atom stereocenters. The lowest BCUT2D eigenvalue weighted by Crippen LogP contribution is -2.03. The highest BCUT2D eigenvalue weighted by Crippen LogP contribution is 2.39. The Morgan fingerprint density at radius 2 is 0.960 bits per heavy atom. The second kappa shape index (κ2) is 10.3. The van der Waals surface area contributed by atoms with Crippen LogP contribution in [0.15, 0.2) is 164 Å². The fourth-order valence-corrected chi connectivity index (χ4v) is 7.87. The van der Waals surface area contributed by atoms with Gasteiger partial charge < -0.3 is 0 Å². The molecule has 0 aliphatic carbocycles. The number of pyridine rings is 1. The van der Waals surface area contributed by atoms with E-state index in [1.54, 1.807) is 0 Å². The van der Waals surface area contributed by atoms with Crippen molar-refractivity contribution in [1.29, 1.82) is 0 Å². The number of nitrogens with zero attached hydrogens (tertiary/aromatic N) is 5. The van der Waals surface area contributed by atoms with Crippen LogP contribution in [0.4, 0.5) is 0 Å².